The van der Waals surface area contributed by atoms with Gasteiger partial charge in [0, 0.05) is 36.4 Å². The molecular formula is C28H31ClN2O3S. The quantitative estimate of drug-likeness (QED) is 0.424. The van der Waals surface area contributed by atoms with Gasteiger partial charge < -0.3 is 0 Å². The van der Waals surface area contributed by atoms with E-state index < -0.39 is 15.9 Å². The number of aryl methyl sites for hydroxylation is 2. The van der Waals surface area contributed by atoms with E-state index in [2.05, 4.69) is 17.1 Å². The molecule has 5 nitrogen and oxygen atoms in total. The zero-order chi connectivity index (χ0) is 25.2. The highest BCUT2D eigenvalue weighted by Gasteiger charge is 2.27. The summed E-state index contributed by atoms with van der Waals surface area (Å²) in [5.74, 6) is 0.0327. The van der Waals surface area contributed by atoms with E-state index in [1.54, 1.807) is 10.5 Å². The van der Waals surface area contributed by atoms with Gasteiger partial charge in [-0.05, 0) is 84.7 Å². The molecule has 3 aromatic rings. The van der Waals surface area contributed by atoms with E-state index >= 15 is 0 Å². The predicted molar refractivity (Wildman–Crippen MR) is 141 cm³/mol. The lowest BCUT2D eigenvalue weighted by Crippen LogP contribution is -2.37. The molecule has 7 heteroatoms. The number of nitrogens with zero attached hydrogens (tertiary/aromatic N) is 2. The number of rotatable bonds is 7. The molecule has 1 aliphatic rings. The van der Waals surface area contributed by atoms with Gasteiger partial charge in [-0.25, -0.2) is 12.7 Å². The molecule has 1 atom stereocenters. The van der Waals surface area contributed by atoms with Crippen LogP contribution in [0.1, 0.15) is 58.2 Å². The van der Waals surface area contributed by atoms with E-state index in [1.165, 1.54) is 11.8 Å². The number of ketones is 1. The fourth-order valence-corrected chi connectivity index (χ4v) is 6.10. The van der Waals surface area contributed by atoms with Crippen molar-refractivity contribution in [1.29, 1.82) is 0 Å². The standard InChI is InChI=1S/C28H31ClN2O3S/c1-19-16-25(29)8-9-26(19)28(27(32)18-21-10-13-30-20(2)17-21)24-6-4-22(5-7-24)23-11-14-31(15-12-23)35(3,33)34/h4-10,13,16-17,23,28H,11-12,14-15,18H2,1-3H3. The van der Waals surface area contributed by atoms with Crippen LogP contribution in [0.5, 0.6) is 0 Å². The van der Waals surface area contributed by atoms with E-state index in [4.69, 9.17) is 11.6 Å². The molecule has 0 spiro atoms. The maximum absolute atomic E-state index is 13.7. The largest absolute Gasteiger partial charge is 0.298 e. The van der Waals surface area contributed by atoms with E-state index in [0.29, 0.717) is 30.5 Å². The Labute approximate surface area is 213 Å². The molecule has 1 aromatic heterocycles. The van der Waals surface area contributed by atoms with Gasteiger partial charge in [0.25, 0.3) is 0 Å². The van der Waals surface area contributed by atoms with Crippen LogP contribution in [0.4, 0.5) is 0 Å². The molecule has 4 rings (SSSR count). The van der Waals surface area contributed by atoms with Crippen LogP contribution in [-0.2, 0) is 21.2 Å². The second kappa shape index (κ2) is 10.6. The van der Waals surface area contributed by atoms with Crippen molar-refractivity contribution in [1.82, 2.24) is 9.29 Å². The van der Waals surface area contributed by atoms with Crippen molar-refractivity contribution < 1.29 is 13.2 Å². The Morgan fingerprint density at radius 1 is 1.06 bits per heavy atom. The molecule has 1 aliphatic heterocycles. The van der Waals surface area contributed by atoms with Gasteiger partial charge in [-0.2, -0.15) is 0 Å². The molecular weight excluding hydrogens is 480 g/mol. The van der Waals surface area contributed by atoms with E-state index in [9.17, 15) is 13.2 Å². The smallest absolute Gasteiger partial charge is 0.211 e. The van der Waals surface area contributed by atoms with Gasteiger partial charge in [0.05, 0.1) is 12.2 Å². The highest BCUT2D eigenvalue weighted by molar-refractivity contribution is 7.88. The number of benzene rings is 2. The topological polar surface area (TPSA) is 67.3 Å². The van der Waals surface area contributed by atoms with Crippen molar-refractivity contribution in [3.8, 4) is 0 Å². The van der Waals surface area contributed by atoms with E-state index in [-0.39, 0.29) is 5.78 Å². The van der Waals surface area contributed by atoms with Crippen molar-refractivity contribution in [3.05, 3.63) is 99.3 Å². The number of carbonyl (C=O) groups is 1. The summed E-state index contributed by atoms with van der Waals surface area (Å²) in [5, 5.41) is 0.651. The second-order valence-corrected chi connectivity index (χ2v) is 11.9. The Morgan fingerprint density at radius 3 is 2.34 bits per heavy atom. The van der Waals surface area contributed by atoms with Crippen molar-refractivity contribution >= 4 is 27.4 Å². The van der Waals surface area contributed by atoms with Crippen molar-refractivity contribution in [2.24, 2.45) is 0 Å². The second-order valence-electron chi connectivity index (χ2n) is 9.49. The molecule has 1 fully saturated rings. The fraction of sp³-hybridized carbons (Fsp3) is 0.357. The molecule has 0 amide bonds. The first-order valence-corrected chi connectivity index (χ1v) is 14.1. The Hall–Kier alpha value is -2.54. The molecule has 0 bridgehead atoms. The Kier molecular flexibility index (Phi) is 7.74. The normalized spacial score (nSPS) is 16.2. The molecule has 35 heavy (non-hydrogen) atoms. The summed E-state index contributed by atoms with van der Waals surface area (Å²) >= 11 is 6.21. The van der Waals surface area contributed by atoms with E-state index in [0.717, 1.165) is 40.8 Å². The third kappa shape index (κ3) is 6.18. The number of Topliss-reactive ketones (excluding diaryl/α,β-unsaturated/α-hetero) is 1. The molecule has 0 aliphatic carbocycles. The summed E-state index contributed by atoms with van der Waals surface area (Å²) in [7, 11) is -3.14. The summed E-state index contributed by atoms with van der Waals surface area (Å²) in [6.45, 7) is 5.00. The van der Waals surface area contributed by atoms with Crippen LogP contribution >= 0.6 is 11.6 Å². The number of hydrogen-bond donors (Lipinski definition) is 0. The number of piperidine rings is 1. The fourth-order valence-electron chi connectivity index (χ4n) is 5.00. The van der Waals surface area contributed by atoms with Gasteiger partial charge in [0.2, 0.25) is 10.0 Å². The van der Waals surface area contributed by atoms with Gasteiger partial charge in [-0.3, -0.25) is 9.78 Å². The molecule has 2 aromatic carbocycles. The lowest BCUT2D eigenvalue weighted by Gasteiger charge is -2.30. The third-order valence-corrected chi connectivity index (χ3v) is 8.41. The number of sulfonamides is 1. The van der Waals surface area contributed by atoms with Crippen LogP contribution < -0.4 is 0 Å². The zero-order valence-electron chi connectivity index (χ0n) is 20.4. The van der Waals surface area contributed by atoms with Crippen molar-refractivity contribution in [2.75, 3.05) is 19.3 Å². The molecule has 184 valence electrons. The number of halogens is 1. The maximum Gasteiger partial charge on any atom is 0.211 e. The number of aromatic nitrogens is 1. The van der Waals surface area contributed by atoms with Gasteiger partial charge in [0.15, 0.2) is 0 Å². The summed E-state index contributed by atoms with van der Waals surface area (Å²) in [4.78, 5) is 17.9. The molecule has 1 unspecified atom stereocenters. The predicted octanol–water partition coefficient (Wildman–Crippen LogP) is 5.43. The van der Waals surface area contributed by atoms with Gasteiger partial charge in [0.1, 0.15) is 5.78 Å². The zero-order valence-corrected chi connectivity index (χ0v) is 21.9. The summed E-state index contributed by atoms with van der Waals surface area (Å²) in [6, 6.07) is 17.8. The highest BCUT2D eigenvalue weighted by Crippen LogP contribution is 2.34. The third-order valence-electron chi connectivity index (χ3n) is 6.87. The molecule has 1 saturated heterocycles. The van der Waals surface area contributed by atoms with E-state index in [1.807, 2.05) is 56.3 Å². The first-order chi connectivity index (χ1) is 16.6. The van der Waals surface area contributed by atoms with Crippen LogP contribution in [0.15, 0.2) is 60.8 Å². The molecule has 0 N–H and O–H groups in total. The van der Waals surface area contributed by atoms with Crippen molar-refractivity contribution in [2.45, 2.75) is 44.9 Å². The van der Waals surface area contributed by atoms with Crippen LogP contribution in [0.2, 0.25) is 5.02 Å². The summed E-state index contributed by atoms with van der Waals surface area (Å²) < 4.78 is 25.2. The summed E-state index contributed by atoms with van der Waals surface area (Å²) in [6.07, 6.45) is 4.93. The number of carbonyl (C=O) groups excluding carboxylic acids is 1. The average molecular weight is 511 g/mol. The lowest BCUT2D eigenvalue weighted by molar-refractivity contribution is -0.119. The summed E-state index contributed by atoms with van der Waals surface area (Å²) in [5.41, 5.74) is 5.92. The Morgan fingerprint density at radius 2 is 1.74 bits per heavy atom. The van der Waals surface area contributed by atoms with Crippen molar-refractivity contribution in [3.63, 3.8) is 0 Å². The first-order valence-electron chi connectivity index (χ1n) is 11.9. The molecule has 0 radical (unpaired) electrons. The minimum Gasteiger partial charge on any atom is -0.298 e. The van der Waals surface area contributed by atoms with Gasteiger partial charge >= 0.3 is 0 Å². The monoisotopic (exact) mass is 510 g/mol. The number of hydrogen-bond acceptors (Lipinski definition) is 4. The SMILES string of the molecule is Cc1cc(CC(=O)C(c2ccc(C3CCN(S(C)(=O)=O)CC3)cc2)c2ccc(Cl)cc2C)ccn1. The Balaban J connectivity index is 1.60. The van der Waals surface area contributed by atoms with Crippen LogP contribution in [0.3, 0.4) is 0 Å². The first kappa shape index (κ1) is 25.5. The van der Waals surface area contributed by atoms with Crippen LogP contribution in [0.25, 0.3) is 0 Å². The van der Waals surface area contributed by atoms with Crippen LogP contribution in [0, 0.1) is 13.8 Å². The minimum atomic E-state index is -3.14. The highest BCUT2D eigenvalue weighted by atomic mass is 35.5. The molecule has 2 heterocycles. The molecule has 0 saturated carbocycles. The van der Waals surface area contributed by atoms with Crippen LogP contribution in [-0.4, -0.2) is 42.8 Å². The lowest BCUT2D eigenvalue weighted by atomic mass is 9.82. The van der Waals surface area contributed by atoms with Gasteiger partial charge in [-0.15, -0.1) is 0 Å². The maximum atomic E-state index is 13.7. The minimum absolute atomic E-state index is 0.121. The van der Waals surface area contributed by atoms with Gasteiger partial charge in [-0.1, -0.05) is 41.9 Å². The number of pyridine rings is 1. The average Bonchev–Trinajstić information content (AvgIpc) is 2.81. The Bertz CT molecular complexity index is 1310.